The fourth-order valence-corrected chi connectivity index (χ4v) is 5.10. The molecule has 0 saturated carbocycles. The molecule has 0 aliphatic carbocycles. The SMILES string of the molecule is Cn1c(-c2ccc(N3CCNCC3)cc2)c(-c2ccc(C(=O)NCCC(N)=O)cc2)c2c(Cl)ccnc21. The highest BCUT2D eigenvalue weighted by atomic mass is 35.5. The van der Waals surface area contributed by atoms with E-state index in [4.69, 9.17) is 17.3 Å². The highest BCUT2D eigenvalue weighted by molar-refractivity contribution is 6.37. The first-order valence-electron chi connectivity index (χ1n) is 12.3. The van der Waals surface area contributed by atoms with Gasteiger partial charge in [0.1, 0.15) is 5.65 Å². The Hall–Kier alpha value is -3.88. The van der Waals surface area contributed by atoms with Gasteiger partial charge >= 0.3 is 0 Å². The number of primary amides is 1. The summed E-state index contributed by atoms with van der Waals surface area (Å²) in [6.45, 7) is 4.15. The van der Waals surface area contributed by atoms with E-state index in [0.29, 0.717) is 10.6 Å². The largest absolute Gasteiger partial charge is 0.370 e. The molecule has 4 aromatic rings. The van der Waals surface area contributed by atoms with Crippen LogP contribution in [0.15, 0.2) is 60.8 Å². The van der Waals surface area contributed by atoms with Crippen LogP contribution >= 0.6 is 11.6 Å². The number of benzene rings is 2. The number of nitrogens with two attached hydrogens (primary N) is 1. The molecule has 0 atom stereocenters. The summed E-state index contributed by atoms with van der Waals surface area (Å²) in [5.74, 6) is -0.709. The van der Waals surface area contributed by atoms with Crippen LogP contribution in [-0.4, -0.2) is 54.1 Å². The van der Waals surface area contributed by atoms with Gasteiger partial charge in [-0.3, -0.25) is 9.59 Å². The van der Waals surface area contributed by atoms with E-state index in [1.807, 2.05) is 19.2 Å². The van der Waals surface area contributed by atoms with Crippen LogP contribution in [-0.2, 0) is 11.8 Å². The average Bonchev–Trinajstić information content (AvgIpc) is 3.22. The number of amides is 2. The van der Waals surface area contributed by atoms with Crippen LogP contribution in [0.1, 0.15) is 16.8 Å². The minimum atomic E-state index is -0.453. The van der Waals surface area contributed by atoms with Gasteiger partial charge in [-0.15, -0.1) is 0 Å². The number of piperazine rings is 1. The zero-order chi connectivity index (χ0) is 25.9. The molecule has 2 aromatic heterocycles. The maximum absolute atomic E-state index is 12.5. The highest BCUT2D eigenvalue weighted by Gasteiger charge is 2.22. The fraction of sp³-hybridized carbons (Fsp3) is 0.250. The van der Waals surface area contributed by atoms with Gasteiger partial charge in [-0.05, 0) is 41.5 Å². The summed E-state index contributed by atoms with van der Waals surface area (Å²) in [7, 11) is 2.00. The quantitative estimate of drug-likeness (QED) is 0.348. The number of rotatable bonds is 7. The minimum Gasteiger partial charge on any atom is -0.370 e. The summed E-state index contributed by atoms with van der Waals surface area (Å²) in [5.41, 5.74) is 11.6. The Morgan fingerprint density at radius 3 is 2.38 bits per heavy atom. The number of anilines is 1. The van der Waals surface area contributed by atoms with Crippen LogP contribution < -0.4 is 21.3 Å². The van der Waals surface area contributed by atoms with Crippen molar-refractivity contribution < 1.29 is 9.59 Å². The summed E-state index contributed by atoms with van der Waals surface area (Å²) in [4.78, 5) is 30.4. The predicted octanol–water partition coefficient (Wildman–Crippen LogP) is 3.58. The first-order valence-corrected chi connectivity index (χ1v) is 12.7. The van der Waals surface area contributed by atoms with Crippen molar-refractivity contribution >= 4 is 40.1 Å². The molecule has 190 valence electrons. The maximum atomic E-state index is 12.5. The smallest absolute Gasteiger partial charge is 0.251 e. The lowest BCUT2D eigenvalue weighted by molar-refractivity contribution is -0.117. The maximum Gasteiger partial charge on any atom is 0.251 e. The molecule has 9 heteroatoms. The Bertz CT molecular complexity index is 1440. The molecule has 0 bridgehead atoms. The van der Waals surface area contributed by atoms with Gasteiger partial charge in [-0.1, -0.05) is 35.9 Å². The van der Waals surface area contributed by atoms with Gasteiger partial charge in [0, 0.05) is 74.6 Å². The number of aromatic nitrogens is 2. The molecule has 5 rings (SSSR count). The molecule has 8 nitrogen and oxygen atoms in total. The van der Waals surface area contributed by atoms with E-state index in [0.717, 1.165) is 59.6 Å². The molecule has 4 N–H and O–H groups in total. The summed E-state index contributed by atoms with van der Waals surface area (Å²) in [6.07, 6.45) is 1.81. The number of carbonyl (C=O) groups excluding carboxylic acids is 2. The van der Waals surface area contributed by atoms with Crippen molar-refractivity contribution in [3.05, 3.63) is 71.4 Å². The zero-order valence-electron chi connectivity index (χ0n) is 20.6. The fourth-order valence-electron chi connectivity index (χ4n) is 4.87. The lowest BCUT2D eigenvalue weighted by Crippen LogP contribution is -2.43. The van der Waals surface area contributed by atoms with Crippen LogP contribution in [0.5, 0.6) is 0 Å². The van der Waals surface area contributed by atoms with E-state index in [9.17, 15) is 9.59 Å². The Morgan fingerprint density at radius 1 is 1.03 bits per heavy atom. The van der Waals surface area contributed by atoms with Gasteiger partial charge in [0.05, 0.1) is 10.7 Å². The van der Waals surface area contributed by atoms with Gasteiger partial charge in [0.2, 0.25) is 5.91 Å². The van der Waals surface area contributed by atoms with Gasteiger partial charge < -0.3 is 25.8 Å². The first-order chi connectivity index (χ1) is 17.9. The number of halogens is 1. The van der Waals surface area contributed by atoms with E-state index >= 15 is 0 Å². The first kappa shape index (κ1) is 24.8. The monoisotopic (exact) mass is 516 g/mol. The Morgan fingerprint density at radius 2 is 1.70 bits per heavy atom. The van der Waals surface area contributed by atoms with Gasteiger partial charge in [0.25, 0.3) is 5.91 Å². The van der Waals surface area contributed by atoms with Crippen molar-refractivity contribution in [3.63, 3.8) is 0 Å². The molecular weight excluding hydrogens is 488 g/mol. The number of nitrogens with zero attached hydrogens (tertiary/aromatic N) is 3. The van der Waals surface area contributed by atoms with Crippen molar-refractivity contribution in [2.24, 2.45) is 12.8 Å². The van der Waals surface area contributed by atoms with Crippen molar-refractivity contribution in [1.29, 1.82) is 0 Å². The topological polar surface area (TPSA) is 105 Å². The Balaban J connectivity index is 1.53. The zero-order valence-corrected chi connectivity index (χ0v) is 21.4. The number of pyridine rings is 1. The molecule has 0 radical (unpaired) electrons. The number of nitrogens with one attached hydrogen (secondary N) is 2. The van der Waals surface area contributed by atoms with Crippen molar-refractivity contribution in [1.82, 2.24) is 20.2 Å². The molecule has 0 spiro atoms. The van der Waals surface area contributed by atoms with E-state index in [-0.39, 0.29) is 18.9 Å². The van der Waals surface area contributed by atoms with E-state index in [1.54, 1.807) is 24.4 Å². The highest BCUT2D eigenvalue weighted by Crippen LogP contribution is 2.42. The lowest BCUT2D eigenvalue weighted by Gasteiger charge is -2.29. The third kappa shape index (κ3) is 5.03. The number of hydrogen-bond acceptors (Lipinski definition) is 5. The molecule has 0 unspecified atom stereocenters. The second-order valence-electron chi connectivity index (χ2n) is 9.11. The summed E-state index contributed by atoms with van der Waals surface area (Å²) in [5, 5.41) is 7.60. The predicted molar refractivity (Wildman–Crippen MR) is 148 cm³/mol. The molecule has 1 aliphatic heterocycles. The number of aryl methyl sites for hydroxylation is 1. The van der Waals surface area contributed by atoms with Crippen LogP contribution in [0.3, 0.4) is 0 Å². The molecular formula is C28H29ClN6O2. The molecule has 2 amide bonds. The second-order valence-corrected chi connectivity index (χ2v) is 9.51. The van der Waals surface area contributed by atoms with Crippen molar-refractivity contribution in [2.75, 3.05) is 37.6 Å². The summed E-state index contributed by atoms with van der Waals surface area (Å²) >= 11 is 6.71. The van der Waals surface area contributed by atoms with Crippen LogP contribution in [0, 0.1) is 0 Å². The molecule has 1 saturated heterocycles. The lowest BCUT2D eigenvalue weighted by atomic mass is 9.97. The number of carbonyl (C=O) groups is 2. The van der Waals surface area contributed by atoms with Crippen molar-refractivity contribution in [3.8, 4) is 22.4 Å². The van der Waals surface area contributed by atoms with E-state index < -0.39 is 5.91 Å². The second kappa shape index (κ2) is 10.6. The van der Waals surface area contributed by atoms with Gasteiger partial charge in [0.15, 0.2) is 0 Å². The van der Waals surface area contributed by atoms with Crippen LogP contribution in [0.25, 0.3) is 33.4 Å². The van der Waals surface area contributed by atoms with Crippen LogP contribution in [0.2, 0.25) is 5.02 Å². The van der Waals surface area contributed by atoms with E-state index in [1.165, 1.54) is 5.69 Å². The molecule has 37 heavy (non-hydrogen) atoms. The van der Waals surface area contributed by atoms with Crippen LogP contribution in [0.4, 0.5) is 5.69 Å². The van der Waals surface area contributed by atoms with Gasteiger partial charge in [-0.25, -0.2) is 4.98 Å². The molecule has 3 heterocycles. The molecule has 1 aliphatic rings. The van der Waals surface area contributed by atoms with Gasteiger partial charge in [-0.2, -0.15) is 0 Å². The van der Waals surface area contributed by atoms with Crippen molar-refractivity contribution in [2.45, 2.75) is 6.42 Å². The van der Waals surface area contributed by atoms with E-state index in [2.05, 4.69) is 49.4 Å². The number of fused-ring (bicyclic) bond motifs is 1. The Labute approximate surface area is 220 Å². The average molecular weight is 517 g/mol. The summed E-state index contributed by atoms with van der Waals surface area (Å²) in [6, 6.07) is 17.8. The Kier molecular flexibility index (Phi) is 7.12. The minimum absolute atomic E-state index is 0.0993. The normalized spacial score (nSPS) is 13.6. The molecule has 1 fully saturated rings. The third-order valence-corrected chi connectivity index (χ3v) is 7.05. The standard InChI is InChI=1S/C28H29ClN6O2/c1-34-26(19-6-8-21(9-7-19)35-16-14-31-15-17-35)24(25-22(29)10-12-32-27(25)34)18-2-4-20(5-3-18)28(37)33-13-11-23(30)36/h2-10,12,31H,11,13-17H2,1H3,(H2,30,36)(H,33,37). The third-order valence-electron chi connectivity index (χ3n) is 6.74. The number of hydrogen-bond donors (Lipinski definition) is 3. The molecule has 2 aromatic carbocycles. The summed E-state index contributed by atoms with van der Waals surface area (Å²) < 4.78 is 2.07.